The number of nitrogens with one attached hydrogen (secondary N) is 3. The van der Waals surface area contributed by atoms with Crippen LogP contribution < -0.4 is 16.0 Å². The summed E-state index contributed by atoms with van der Waals surface area (Å²) in [7, 11) is 0. The number of aromatic nitrogens is 1. The first-order valence-electron chi connectivity index (χ1n) is 6.47. The lowest BCUT2D eigenvalue weighted by molar-refractivity contribution is -0.119. The first kappa shape index (κ1) is 14.3. The van der Waals surface area contributed by atoms with E-state index in [0.717, 1.165) is 25.2 Å². The van der Waals surface area contributed by atoms with Crippen molar-refractivity contribution in [2.24, 2.45) is 0 Å². The molecular weight excluding hydrogens is 228 g/mol. The number of amides is 1. The van der Waals surface area contributed by atoms with E-state index in [0.29, 0.717) is 12.4 Å². The molecule has 0 saturated carbocycles. The molecule has 1 heterocycles. The average Bonchev–Trinajstić information content (AvgIpc) is 2.41. The van der Waals surface area contributed by atoms with E-state index in [2.05, 4.69) is 27.9 Å². The molecule has 3 N–H and O–H groups in total. The fraction of sp³-hybridized carbons (Fsp3) is 0.538. The van der Waals surface area contributed by atoms with Crippen LogP contribution in [0.5, 0.6) is 0 Å². The van der Waals surface area contributed by atoms with Gasteiger partial charge in [0.25, 0.3) is 0 Å². The monoisotopic (exact) mass is 250 g/mol. The van der Waals surface area contributed by atoms with Crippen molar-refractivity contribution in [3.05, 3.63) is 18.2 Å². The molecule has 5 nitrogen and oxygen atoms in total. The van der Waals surface area contributed by atoms with Crippen LogP contribution in [-0.4, -0.2) is 30.5 Å². The molecule has 0 unspecified atom stereocenters. The van der Waals surface area contributed by atoms with Crippen molar-refractivity contribution < 1.29 is 4.79 Å². The van der Waals surface area contributed by atoms with Crippen molar-refractivity contribution >= 4 is 17.5 Å². The smallest absolute Gasteiger partial charge is 0.239 e. The molecule has 1 rings (SSSR count). The van der Waals surface area contributed by atoms with Crippen molar-refractivity contribution in [3.63, 3.8) is 0 Å². The molecule has 0 aromatic carbocycles. The van der Waals surface area contributed by atoms with E-state index < -0.39 is 0 Å². The number of hydrogen-bond donors (Lipinski definition) is 3. The van der Waals surface area contributed by atoms with E-state index in [1.54, 1.807) is 0 Å². The Morgan fingerprint density at radius 2 is 1.78 bits per heavy atom. The second-order valence-corrected chi connectivity index (χ2v) is 4.04. The van der Waals surface area contributed by atoms with Gasteiger partial charge in [-0.1, -0.05) is 19.9 Å². The molecule has 0 bridgehead atoms. The van der Waals surface area contributed by atoms with Crippen molar-refractivity contribution in [2.45, 2.75) is 26.7 Å². The quantitative estimate of drug-likeness (QED) is 0.658. The highest BCUT2D eigenvalue weighted by molar-refractivity contribution is 5.80. The Morgan fingerprint density at radius 1 is 1.11 bits per heavy atom. The highest BCUT2D eigenvalue weighted by Crippen LogP contribution is 2.08. The molecule has 0 aliphatic heterocycles. The van der Waals surface area contributed by atoms with Crippen LogP contribution >= 0.6 is 0 Å². The van der Waals surface area contributed by atoms with Gasteiger partial charge >= 0.3 is 0 Å². The molecule has 0 spiro atoms. The molecule has 1 amide bonds. The average molecular weight is 250 g/mol. The first-order chi connectivity index (χ1) is 8.76. The maximum atomic E-state index is 11.4. The van der Waals surface area contributed by atoms with Crippen LogP contribution in [-0.2, 0) is 4.79 Å². The molecule has 0 fully saturated rings. The van der Waals surface area contributed by atoms with Crippen LogP contribution in [0.3, 0.4) is 0 Å². The molecular formula is C13H22N4O. The Morgan fingerprint density at radius 3 is 2.44 bits per heavy atom. The minimum absolute atomic E-state index is 0.00873. The molecule has 18 heavy (non-hydrogen) atoms. The van der Waals surface area contributed by atoms with Crippen molar-refractivity contribution in [2.75, 3.05) is 30.3 Å². The van der Waals surface area contributed by atoms with Gasteiger partial charge in [0.1, 0.15) is 11.6 Å². The molecule has 0 atom stereocenters. The number of anilines is 2. The van der Waals surface area contributed by atoms with Crippen LogP contribution in [0.1, 0.15) is 26.7 Å². The first-order valence-corrected chi connectivity index (χ1v) is 6.47. The zero-order valence-electron chi connectivity index (χ0n) is 11.1. The summed E-state index contributed by atoms with van der Waals surface area (Å²) in [6.07, 6.45) is 2.00. The third-order valence-corrected chi connectivity index (χ3v) is 2.31. The molecule has 1 aromatic heterocycles. The lowest BCUT2D eigenvalue weighted by Crippen LogP contribution is -2.30. The van der Waals surface area contributed by atoms with Gasteiger partial charge < -0.3 is 16.0 Å². The molecule has 0 aliphatic rings. The van der Waals surface area contributed by atoms with E-state index in [1.165, 1.54) is 0 Å². The Kier molecular flexibility index (Phi) is 6.61. The standard InChI is InChI=1S/C13H22N4O/c1-3-8-14-11-6-5-7-12(17-11)16-10-13(18)15-9-4-2/h5-7H,3-4,8-10H2,1-2H3,(H,15,18)(H2,14,16,17). The Labute approximate surface area is 108 Å². The second kappa shape index (κ2) is 8.33. The Bertz CT molecular complexity index is 368. The summed E-state index contributed by atoms with van der Waals surface area (Å²) in [5, 5.41) is 9.02. The lowest BCUT2D eigenvalue weighted by atomic mass is 10.4. The number of carbonyl (C=O) groups excluding carboxylic acids is 1. The van der Waals surface area contributed by atoms with Crippen LogP contribution in [0, 0.1) is 0 Å². The Hall–Kier alpha value is -1.78. The number of nitrogens with zero attached hydrogens (tertiary/aromatic N) is 1. The van der Waals surface area contributed by atoms with Crippen molar-refractivity contribution in [1.82, 2.24) is 10.3 Å². The molecule has 0 radical (unpaired) electrons. The lowest BCUT2D eigenvalue weighted by Gasteiger charge is -2.08. The SMILES string of the molecule is CCCNC(=O)CNc1cccc(NCCC)n1. The number of pyridine rings is 1. The van der Waals surface area contributed by atoms with Gasteiger partial charge in [-0.2, -0.15) is 0 Å². The van der Waals surface area contributed by atoms with Crippen LogP contribution in [0.4, 0.5) is 11.6 Å². The van der Waals surface area contributed by atoms with Gasteiger partial charge in [0, 0.05) is 13.1 Å². The van der Waals surface area contributed by atoms with E-state index in [4.69, 9.17) is 0 Å². The van der Waals surface area contributed by atoms with Gasteiger partial charge in [0.05, 0.1) is 6.54 Å². The van der Waals surface area contributed by atoms with Gasteiger partial charge in [-0.3, -0.25) is 4.79 Å². The third kappa shape index (κ3) is 5.52. The van der Waals surface area contributed by atoms with E-state index >= 15 is 0 Å². The second-order valence-electron chi connectivity index (χ2n) is 4.04. The zero-order valence-corrected chi connectivity index (χ0v) is 11.1. The van der Waals surface area contributed by atoms with Gasteiger partial charge in [-0.15, -0.1) is 0 Å². The van der Waals surface area contributed by atoms with Crippen molar-refractivity contribution in [3.8, 4) is 0 Å². The fourth-order valence-corrected chi connectivity index (χ4v) is 1.38. The van der Waals surface area contributed by atoms with E-state index in [-0.39, 0.29) is 12.5 Å². The summed E-state index contributed by atoms with van der Waals surface area (Å²) in [5.74, 6) is 1.53. The maximum absolute atomic E-state index is 11.4. The van der Waals surface area contributed by atoms with Gasteiger partial charge in [0.15, 0.2) is 0 Å². The summed E-state index contributed by atoms with van der Waals surface area (Å²) >= 11 is 0. The van der Waals surface area contributed by atoms with Crippen LogP contribution in [0.25, 0.3) is 0 Å². The Balaban J connectivity index is 2.39. The van der Waals surface area contributed by atoms with Gasteiger partial charge in [0.2, 0.25) is 5.91 Å². The molecule has 100 valence electrons. The summed E-state index contributed by atoms with van der Waals surface area (Å²) in [5.41, 5.74) is 0. The predicted molar refractivity (Wildman–Crippen MR) is 74.8 cm³/mol. The molecule has 0 aliphatic carbocycles. The van der Waals surface area contributed by atoms with Crippen molar-refractivity contribution in [1.29, 1.82) is 0 Å². The molecule has 1 aromatic rings. The molecule has 0 saturated heterocycles. The van der Waals surface area contributed by atoms with Crippen LogP contribution in [0.2, 0.25) is 0 Å². The minimum Gasteiger partial charge on any atom is -0.370 e. The highest BCUT2D eigenvalue weighted by atomic mass is 16.1. The van der Waals surface area contributed by atoms with E-state index in [9.17, 15) is 4.79 Å². The summed E-state index contributed by atoms with van der Waals surface area (Å²) in [6.45, 7) is 6.00. The third-order valence-electron chi connectivity index (χ3n) is 2.31. The fourth-order valence-electron chi connectivity index (χ4n) is 1.38. The number of hydrogen-bond acceptors (Lipinski definition) is 4. The topological polar surface area (TPSA) is 66.1 Å². The van der Waals surface area contributed by atoms with E-state index in [1.807, 2.05) is 25.1 Å². The maximum Gasteiger partial charge on any atom is 0.239 e. The summed E-state index contributed by atoms with van der Waals surface area (Å²) in [6, 6.07) is 5.68. The normalized spacial score (nSPS) is 9.89. The molecule has 5 heteroatoms. The zero-order chi connectivity index (χ0) is 13.2. The highest BCUT2D eigenvalue weighted by Gasteiger charge is 2.01. The van der Waals surface area contributed by atoms with Gasteiger partial charge in [-0.25, -0.2) is 4.98 Å². The summed E-state index contributed by atoms with van der Waals surface area (Å²) < 4.78 is 0. The van der Waals surface area contributed by atoms with Gasteiger partial charge in [-0.05, 0) is 25.0 Å². The number of carbonyl (C=O) groups is 1. The van der Waals surface area contributed by atoms with Crippen LogP contribution in [0.15, 0.2) is 18.2 Å². The summed E-state index contributed by atoms with van der Waals surface area (Å²) in [4.78, 5) is 15.8. The predicted octanol–water partition coefficient (Wildman–Crippen LogP) is 1.84. The number of rotatable bonds is 8. The largest absolute Gasteiger partial charge is 0.370 e. The minimum atomic E-state index is -0.00873.